The zero-order chi connectivity index (χ0) is 15.6. The number of benzene rings is 2. The van der Waals surface area contributed by atoms with Crippen molar-refractivity contribution in [3.05, 3.63) is 69.4 Å². The number of rotatable bonds is 3. The van der Waals surface area contributed by atoms with Crippen molar-refractivity contribution in [1.82, 2.24) is 0 Å². The predicted octanol–water partition coefficient (Wildman–Crippen LogP) is 4.85. The largest absolute Gasteiger partial charge is 0.417 e. The van der Waals surface area contributed by atoms with Crippen LogP contribution in [-0.2, 0) is 12.6 Å². The minimum atomic E-state index is -4.44. The Labute approximate surface area is 127 Å². The summed E-state index contributed by atoms with van der Waals surface area (Å²) >= 11 is 2.89. The molecule has 1 nitrogen and oxygen atoms in total. The molecular weight excluding hydrogens is 350 g/mol. The van der Waals surface area contributed by atoms with Crippen LogP contribution in [0.2, 0.25) is 0 Å². The van der Waals surface area contributed by atoms with Gasteiger partial charge in [-0.05, 0) is 41.8 Å². The van der Waals surface area contributed by atoms with Crippen molar-refractivity contribution >= 4 is 15.9 Å². The molecule has 0 radical (unpaired) electrons. The second-order valence-electron chi connectivity index (χ2n) is 4.67. The molecule has 2 N–H and O–H groups in total. The summed E-state index contributed by atoms with van der Waals surface area (Å²) in [6, 6.07) is 9.06. The maximum absolute atomic E-state index is 12.9. The van der Waals surface area contributed by atoms with E-state index in [2.05, 4.69) is 15.9 Å². The van der Waals surface area contributed by atoms with Gasteiger partial charge in [-0.25, -0.2) is 4.39 Å². The molecule has 1 atom stereocenters. The van der Waals surface area contributed by atoms with Crippen LogP contribution in [0.1, 0.15) is 22.7 Å². The third-order valence-corrected chi connectivity index (χ3v) is 3.78. The van der Waals surface area contributed by atoms with Gasteiger partial charge >= 0.3 is 6.18 Å². The molecule has 0 aromatic heterocycles. The van der Waals surface area contributed by atoms with Crippen molar-refractivity contribution in [2.45, 2.75) is 18.6 Å². The summed E-state index contributed by atoms with van der Waals surface area (Å²) in [5.41, 5.74) is 6.34. The van der Waals surface area contributed by atoms with Gasteiger partial charge in [0.2, 0.25) is 0 Å². The summed E-state index contributed by atoms with van der Waals surface area (Å²) in [7, 11) is 0. The molecule has 0 spiro atoms. The lowest BCUT2D eigenvalue weighted by atomic mass is 9.98. The van der Waals surface area contributed by atoms with E-state index in [1.165, 1.54) is 18.2 Å². The molecule has 0 fully saturated rings. The van der Waals surface area contributed by atoms with Gasteiger partial charge in [-0.15, -0.1) is 0 Å². The zero-order valence-corrected chi connectivity index (χ0v) is 12.4. The van der Waals surface area contributed by atoms with E-state index in [0.717, 1.165) is 11.6 Å². The molecule has 0 saturated heterocycles. The highest BCUT2D eigenvalue weighted by Gasteiger charge is 2.33. The first kappa shape index (κ1) is 16.0. The van der Waals surface area contributed by atoms with E-state index < -0.39 is 17.8 Å². The highest BCUT2D eigenvalue weighted by atomic mass is 79.9. The molecule has 0 bridgehead atoms. The van der Waals surface area contributed by atoms with Crippen LogP contribution in [0.4, 0.5) is 17.6 Å². The molecule has 1 unspecified atom stereocenters. The van der Waals surface area contributed by atoms with E-state index in [-0.39, 0.29) is 10.3 Å². The lowest BCUT2D eigenvalue weighted by Gasteiger charge is -2.16. The van der Waals surface area contributed by atoms with Crippen molar-refractivity contribution in [2.24, 2.45) is 5.73 Å². The Bertz CT molecular complexity index is 623. The number of halogens is 5. The summed E-state index contributed by atoms with van der Waals surface area (Å²) < 4.78 is 51.3. The fraction of sp³-hybridized carbons (Fsp3) is 0.200. The fourth-order valence-corrected chi connectivity index (χ4v) is 2.45. The van der Waals surface area contributed by atoms with Gasteiger partial charge in [-0.3, -0.25) is 0 Å². The normalized spacial score (nSPS) is 13.2. The van der Waals surface area contributed by atoms with E-state index in [9.17, 15) is 17.6 Å². The highest BCUT2D eigenvalue weighted by molar-refractivity contribution is 9.10. The number of hydrogen-bond donors (Lipinski definition) is 1. The average molecular weight is 362 g/mol. The monoisotopic (exact) mass is 361 g/mol. The quantitative estimate of drug-likeness (QED) is 0.777. The summed E-state index contributed by atoms with van der Waals surface area (Å²) in [5, 5.41) is 0. The molecule has 2 rings (SSSR count). The molecule has 0 heterocycles. The SMILES string of the molecule is NC(Cc1ccc(F)cc1)c1ccc(Br)c(C(F)(F)F)c1. The van der Waals surface area contributed by atoms with E-state index in [1.807, 2.05) is 0 Å². The summed E-state index contributed by atoms with van der Waals surface area (Å²) in [5.74, 6) is -0.365. The maximum atomic E-state index is 12.9. The topological polar surface area (TPSA) is 26.0 Å². The molecule has 2 aromatic carbocycles. The van der Waals surface area contributed by atoms with Crippen LogP contribution in [0.5, 0.6) is 0 Å². The number of alkyl halides is 3. The first-order valence-corrected chi connectivity index (χ1v) is 6.93. The van der Waals surface area contributed by atoms with Crippen LogP contribution in [0, 0.1) is 5.82 Å². The second kappa shape index (κ2) is 6.15. The van der Waals surface area contributed by atoms with Gasteiger partial charge in [0.25, 0.3) is 0 Å². The predicted molar refractivity (Wildman–Crippen MR) is 76.2 cm³/mol. The Morgan fingerprint density at radius 3 is 2.24 bits per heavy atom. The minimum absolute atomic E-state index is 0.0206. The molecule has 21 heavy (non-hydrogen) atoms. The summed E-state index contributed by atoms with van der Waals surface area (Å²) in [6.07, 6.45) is -4.11. The van der Waals surface area contributed by atoms with Crippen molar-refractivity contribution in [3.63, 3.8) is 0 Å². The van der Waals surface area contributed by atoms with Crippen LogP contribution in [0.25, 0.3) is 0 Å². The van der Waals surface area contributed by atoms with Gasteiger partial charge in [0.15, 0.2) is 0 Å². The standard InChI is InChI=1S/C15H12BrF4N/c16-13-6-3-10(8-12(13)15(18,19)20)14(21)7-9-1-4-11(17)5-2-9/h1-6,8,14H,7,21H2. The Morgan fingerprint density at radius 1 is 1.05 bits per heavy atom. The number of hydrogen-bond acceptors (Lipinski definition) is 1. The van der Waals surface area contributed by atoms with Crippen LogP contribution in [0.15, 0.2) is 46.9 Å². The van der Waals surface area contributed by atoms with Crippen LogP contribution in [-0.4, -0.2) is 0 Å². The molecule has 0 amide bonds. The maximum Gasteiger partial charge on any atom is 0.417 e. The van der Waals surface area contributed by atoms with Crippen LogP contribution < -0.4 is 5.73 Å². The van der Waals surface area contributed by atoms with Gasteiger partial charge in [-0.1, -0.05) is 34.1 Å². The van der Waals surface area contributed by atoms with Gasteiger partial charge in [0.1, 0.15) is 5.82 Å². The lowest BCUT2D eigenvalue weighted by Crippen LogP contribution is -2.15. The Hall–Kier alpha value is -1.40. The Balaban J connectivity index is 2.23. The van der Waals surface area contributed by atoms with Gasteiger partial charge < -0.3 is 5.73 Å². The van der Waals surface area contributed by atoms with Crippen molar-refractivity contribution in [1.29, 1.82) is 0 Å². The zero-order valence-electron chi connectivity index (χ0n) is 10.8. The minimum Gasteiger partial charge on any atom is -0.324 e. The molecule has 6 heteroatoms. The third-order valence-electron chi connectivity index (χ3n) is 3.09. The first-order chi connectivity index (χ1) is 9.77. The number of nitrogens with two attached hydrogens (primary N) is 1. The molecule has 112 valence electrons. The first-order valence-electron chi connectivity index (χ1n) is 6.14. The molecule has 0 aliphatic rings. The summed E-state index contributed by atoms with van der Waals surface area (Å²) in [6.45, 7) is 0. The van der Waals surface area contributed by atoms with Crippen molar-refractivity contribution in [3.8, 4) is 0 Å². The molecule has 0 saturated carbocycles. The van der Waals surface area contributed by atoms with E-state index in [1.54, 1.807) is 18.2 Å². The summed E-state index contributed by atoms with van der Waals surface area (Å²) in [4.78, 5) is 0. The van der Waals surface area contributed by atoms with Crippen molar-refractivity contribution < 1.29 is 17.6 Å². The van der Waals surface area contributed by atoms with E-state index in [0.29, 0.717) is 12.0 Å². The average Bonchev–Trinajstić information content (AvgIpc) is 2.40. The Morgan fingerprint density at radius 2 is 1.67 bits per heavy atom. The van der Waals surface area contributed by atoms with Gasteiger partial charge in [0, 0.05) is 10.5 Å². The van der Waals surface area contributed by atoms with Crippen LogP contribution in [0.3, 0.4) is 0 Å². The lowest BCUT2D eigenvalue weighted by molar-refractivity contribution is -0.138. The molecule has 0 aliphatic heterocycles. The van der Waals surface area contributed by atoms with Crippen LogP contribution >= 0.6 is 15.9 Å². The molecular formula is C15H12BrF4N. The molecule has 2 aromatic rings. The third kappa shape index (κ3) is 4.04. The highest BCUT2D eigenvalue weighted by Crippen LogP contribution is 2.36. The second-order valence-corrected chi connectivity index (χ2v) is 5.53. The van der Waals surface area contributed by atoms with E-state index >= 15 is 0 Å². The van der Waals surface area contributed by atoms with Gasteiger partial charge in [-0.2, -0.15) is 13.2 Å². The van der Waals surface area contributed by atoms with E-state index in [4.69, 9.17) is 5.73 Å². The smallest absolute Gasteiger partial charge is 0.324 e. The van der Waals surface area contributed by atoms with Gasteiger partial charge in [0.05, 0.1) is 5.56 Å². The molecule has 0 aliphatic carbocycles. The fourth-order valence-electron chi connectivity index (χ4n) is 1.98. The van der Waals surface area contributed by atoms with Crippen molar-refractivity contribution in [2.75, 3.05) is 0 Å². The Kier molecular flexibility index (Phi) is 4.68.